The van der Waals surface area contributed by atoms with E-state index in [1.54, 1.807) is 7.11 Å². The number of nitrogens with zero attached hydrogens (tertiary/aromatic N) is 1. The number of hydrogen-bond acceptors (Lipinski definition) is 3. The maximum Gasteiger partial charge on any atom is 0.0628 e. The van der Waals surface area contributed by atoms with Gasteiger partial charge in [-0.2, -0.15) is 0 Å². The number of methoxy groups -OCH3 is 1. The summed E-state index contributed by atoms with van der Waals surface area (Å²) in [6.07, 6.45) is 2.56. The Kier molecular flexibility index (Phi) is 7.09. The van der Waals surface area contributed by atoms with E-state index in [4.69, 9.17) is 4.74 Å². The van der Waals surface area contributed by atoms with Crippen LogP contribution in [0.2, 0.25) is 0 Å². The topological polar surface area (TPSA) is 24.5 Å². The molecule has 1 N–H and O–H groups in total. The molecule has 0 aromatic rings. The van der Waals surface area contributed by atoms with E-state index in [1.165, 1.54) is 25.9 Å². The molecular formula is C14H30N2O. The van der Waals surface area contributed by atoms with Gasteiger partial charge >= 0.3 is 0 Å². The van der Waals surface area contributed by atoms with Crippen molar-refractivity contribution in [3.63, 3.8) is 0 Å². The highest BCUT2D eigenvalue weighted by Gasteiger charge is 2.26. The van der Waals surface area contributed by atoms with Gasteiger partial charge in [0.25, 0.3) is 0 Å². The van der Waals surface area contributed by atoms with E-state index < -0.39 is 0 Å². The smallest absolute Gasteiger partial charge is 0.0628 e. The molecule has 2 unspecified atom stereocenters. The molecule has 0 bridgehead atoms. The summed E-state index contributed by atoms with van der Waals surface area (Å²) >= 11 is 0. The third kappa shape index (κ3) is 5.36. The molecule has 0 aromatic heterocycles. The van der Waals surface area contributed by atoms with Gasteiger partial charge in [0.2, 0.25) is 0 Å². The minimum Gasteiger partial charge on any atom is -0.383 e. The molecule has 3 nitrogen and oxygen atoms in total. The Balaban J connectivity index is 2.29. The maximum atomic E-state index is 5.30. The molecule has 1 saturated heterocycles. The average Bonchev–Trinajstić information content (AvgIpc) is 2.75. The van der Waals surface area contributed by atoms with Crippen LogP contribution in [0.5, 0.6) is 0 Å². The van der Waals surface area contributed by atoms with Gasteiger partial charge < -0.3 is 15.0 Å². The van der Waals surface area contributed by atoms with Gasteiger partial charge in [0, 0.05) is 26.2 Å². The van der Waals surface area contributed by atoms with E-state index in [9.17, 15) is 0 Å². The highest BCUT2D eigenvalue weighted by atomic mass is 16.5. The number of rotatable bonds is 8. The lowest BCUT2D eigenvalue weighted by atomic mass is 9.95. The van der Waals surface area contributed by atoms with E-state index in [1.807, 2.05) is 0 Å². The van der Waals surface area contributed by atoms with Crippen molar-refractivity contribution in [2.45, 2.75) is 39.7 Å². The summed E-state index contributed by atoms with van der Waals surface area (Å²) in [5.74, 6) is 1.72. The highest BCUT2D eigenvalue weighted by Crippen LogP contribution is 2.23. The summed E-state index contributed by atoms with van der Waals surface area (Å²) in [4.78, 5) is 2.59. The van der Waals surface area contributed by atoms with Crippen molar-refractivity contribution in [1.29, 1.82) is 0 Å². The Hall–Kier alpha value is -0.120. The molecule has 2 atom stereocenters. The zero-order valence-corrected chi connectivity index (χ0v) is 12.0. The molecule has 0 aliphatic carbocycles. The zero-order chi connectivity index (χ0) is 12.7. The number of ether oxygens (including phenoxy) is 1. The Morgan fingerprint density at radius 1 is 1.41 bits per heavy atom. The fourth-order valence-electron chi connectivity index (χ4n) is 2.61. The Morgan fingerprint density at radius 2 is 2.18 bits per heavy atom. The predicted octanol–water partition coefficient (Wildman–Crippen LogP) is 1.98. The Morgan fingerprint density at radius 3 is 2.71 bits per heavy atom. The van der Waals surface area contributed by atoms with Crippen molar-refractivity contribution < 1.29 is 4.74 Å². The second-order valence-corrected chi connectivity index (χ2v) is 5.66. The first kappa shape index (κ1) is 14.9. The van der Waals surface area contributed by atoms with Crippen molar-refractivity contribution in [1.82, 2.24) is 10.2 Å². The van der Waals surface area contributed by atoms with E-state index in [-0.39, 0.29) is 0 Å². The molecule has 0 saturated carbocycles. The zero-order valence-electron chi connectivity index (χ0n) is 12.0. The molecule has 3 heteroatoms. The lowest BCUT2D eigenvalue weighted by Crippen LogP contribution is -2.43. The van der Waals surface area contributed by atoms with E-state index in [0.29, 0.717) is 6.04 Å². The number of nitrogens with one attached hydrogen (secondary N) is 1. The predicted molar refractivity (Wildman–Crippen MR) is 73.3 cm³/mol. The third-order valence-electron chi connectivity index (χ3n) is 3.78. The van der Waals surface area contributed by atoms with Crippen molar-refractivity contribution in [2.75, 3.05) is 39.9 Å². The highest BCUT2D eigenvalue weighted by molar-refractivity contribution is 4.81. The van der Waals surface area contributed by atoms with E-state index >= 15 is 0 Å². The number of likely N-dealkylation sites (tertiary alicyclic amines) is 1. The molecule has 0 spiro atoms. The molecule has 0 amide bonds. The quantitative estimate of drug-likeness (QED) is 0.704. The molecule has 17 heavy (non-hydrogen) atoms. The number of hydrogen-bond donors (Lipinski definition) is 1. The van der Waals surface area contributed by atoms with Gasteiger partial charge in [0.15, 0.2) is 0 Å². The van der Waals surface area contributed by atoms with Crippen molar-refractivity contribution in [2.24, 2.45) is 11.8 Å². The summed E-state index contributed by atoms with van der Waals surface area (Å²) in [6, 6.07) is 0.492. The monoisotopic (exact) mass is 242 g/mol. The fourth-order valence-corrected chi connectivity index (χ4v) is 2.61. The van der Waals surface area contributed by atoms with Crippen LogP contribution in [0, 0.1) is 11.8 Å². The molecule has 1 rings (SSSR count). The molecule has 102 valence electrons. The van der Waals surface area contributed by atoms with Crippen LogP contribution in [0.15, 0.2) is 0 Å². The molecule has 1 fully saturated rings. The summed E-state index contributed by atoms with van der Waals surface area (Å²) < 4.78 is 5.30. The van der Waals surface area contributed by atoms with Gasteiger partial charge in [-0.05, 0) is 37.8 Å². The van der Waals surface area contributed by atoms with Gasteiger partial charge in [-0.25, -0.2) is 0 Å². The van der Waals surface area contributed by atoms with Crippen LogP contribution in [-0.4, -0.2) is 50.8 Å². The van der Waals surface area contributed by atoms with E-state index in [0.717, 1.165) is 31.5 Å². The van der Waals surface area contributed by atoms with Crippen LogP contribution >= 0.6 is 0 Å². The first-order chi connectivity index (χ1) is 8.17. The molecule has 1 aliphatic rings. The molecule has 1 heterocycles. The molecule has 0 radical (unpaired) electrons. The summed E-state index contributed by atoms with van der Waals surface area (Å²) in [6.45, 7) is 12.5. The van der Waals surface area contributed by atoms with Gasteiger partial charge in [0.05, 0.1) is 6.61 Å². The lowest BCUT2D eigenvalue weighted by Gasteiger charge is -2.24. The molecular weight excluding hydrogens is 212 g/mol. The third-order valence-corrected chi connectivity index (χ3v) is 3.78. The normalized spacial score (nSPS) is 23.5. The first-order valence-corrected chi connectivity index (χ1v) is 7.12. The van der Waals surface area contributed by atoms with Gasteiger partial charge in [-0.15, -0.1) is 0 Å². The van der Waals surface area contributed by atoms with Crippen LogP contribution in [0.3, 0.4) is 0 Å². The van der Waals surface area contributed by atoms with Crippen LogP contribution < -0.4 is 5.32 Å². The first-order valence-electron chi connectivity index (χ1n) is 7.12. The largest absolute Gasteiger partial charge is 0.383 e. The standard InChI is InChI=1S/C14H30N2O/c1-5-7-15-14(11-17-4)10-16-8-6-13(9-16)12(2)3/h12-15H,5-11H2,1-4H3. The molecule has 0 aromatic carbocycles. The van der Waals surface area contributed by atoms with Crippen molar-refractivity contribution >= 4 is 0 Å². The lowest BCUT2D eigenvalue weighted by molar-refractivity contribution is 0.143. The SMILES string of the molecule is CCCNC(COC)CN1CCC(C(C)C)C1. The van der Waals surface area contributed by atoms with Crippen LogP contribution in [-0.2, 0) is 4.74 Å². The summed E-state index contributed by atoms with van der Waals surface area (Å²) in [5, 5.41) is 3.57. The fraction of sp³-hybridized carbons (Fsp3) is 1.00. The van der Waals surface area contributed by atoms with E-state index in [2.05, 4.69) is 31.0 Å². The minimum absolute atomic E-state index is 0.492. The Bertz CT molecular complexity index is 197. The Labute approximate surface area is 107 Å². The second-order valence-electron chi connectivity index (χ2n) is 5.66. The average molecular weight is 242 g/mol. The molecule has 1 aliphatic heterocycles. The van der Waals surface area contributed by atoms with Crippen molar-refractivity contribution in [3.05, 3.63) is 0 Å². The van der Waals surface area contributed by atoms with Crippen LogP contribution in [0.1, 0.15) is 33.6 Å². The van der Waals surface area contributed by atoms with Crippen molar-refractivity contribution in [3.8, 4) is 0 Å². The summed E-state index contributed by atoms with van der Waals surface area (Å²) in [5.41, 5.74) is 0. The van der Waals surface area contributed by atoms with Crippen LogP contribution in [0.4, 0.5) is 0 Å². The maximum absolute atomic E-state index is 5.30. The second kappa shape index (κ2) is 8.06. The van der Waals surface area contributed by atoms with Crippen LogP contribution in [0.25, 0.3) is 0 Å². The van der Waals surface area contributed by atoms with Gasteiger partial charge in [-0.1, -0.05) is 20.8 Å². The van der Waals surface area contributed by atoms with Gasteiger partial charge in [0.1, 0.15) is 0 Å². The minimum atomic E-state index is 0.492. The van der Waals surface area contributed by atoms with Gasteiger partial charge in [-0.3, -0.25) is 0 Å². The summed E-state index contributed by atoms with van der Waals surface area (Å²) in [7, 11) is 1.79.